The lowest BCUT2D eigenvalue weighted by Gasteiger charge is -2.33. The minimum absolute atomic E-state index is 0.000398. The summed E-state index contributed by atoms with van der Waals surface area (Å²) in [5.41, 5.74) is 5.67. The fraction of sp³-hybridized carbons (Fsp3) is 0.538. The number of alkyl halides is 1. The lowest BCUT2D eigenvalue weighted by Crippen LogP contribution is -2.47. The van der Waals surface area contributed by atoms with E-state index in [9.17, 15) is 10.2 Å². The van der Waals surface area contributed by atoms with Gasteiger partial charge in [0, 0.05) is 18.0 Å². The second kappa shape index (κ2) is 5.89. The van der Waals surface area contributed by atoms with Crippen LogP contribution in [0.15, 0.2) is 36.1 Å². The van der Waals surface area contributed by atoms with E-state index in [1.165, 1.54) is 0 Å². The fourth-order valence-electron chi connectivity index (χ4n) is 2.29. The van der Waals surface area contributed by atoms with Gasteiger partial charge < -0.3 is 15.9 Å². The van der Waals surface area contributed by atoms with Crippen LogP contribution >= 0.6 is 11.6 Å². The number of halogens is 1. The maximum atomic E-state index is 9.60. The average Bonchev–Trinajstić information content (AvgIpc) is 2.35. The third-order valence-corrected chi connectivity index (χ3v) is 3.84. The number of hydrogen-bond donors (Lipinski definition) is 4. The third kappa shape index (κ3) is 3.36. The molecule has 100 valence electrons. The normalized spacial score (nSPS) is 37.4. The molecule has 0 radical (unpaired) electrons. The van der Waals surface area contributed by atoms with E-state index in [1.807, 2.05) is 6.08 Å². The molecule has 2 aliphatic rings. The summed E-state index contributed by atoms with van der Waals surface area (Å²) < 4.78 is 0. The van der Waals surface area contributed by atoms with Crippen LogP contribution in [0.4, 0.5) is 0 Å². The summed E-state index contributed by atoms with van der Waals surface area (Å²) in [5, 5.41) is 22.1. The molecular weight excluding hydrogens is 252 g/mol. The van der Waals surface area contributed by atoms with E-state index in [-0.39, 0.29) is 29.3 Å². The van der Waals surface area contributed by atoms with Crippen molar-refractivity contribution >= 4 is 11.6 Å². The van der Waals surface area contributed by atoms with Crippen LogP contribution in [-0.2, 0) is 0 Å². The van der Waals surface area contributed by atoms with E-state index < -0.39 is 6.10 Å². The quantitative estimate of drug-likeness (QED) is 0.353. The average molecular weight is 271 g/mol. The highest BCUT2D eigenvalue weighted by atomic mass is 35.5. The Bertz CT molecular complexity index is 381. The van der Waals surface area contributed by atoms with Crippen molar-refractivity contribution in [1.29, 1.82) is 0 Å². The van der Waals surface area contributed by atoms with Crippen molar-refractivity contribution in [3.63, 3.8) is 0 Å². The van der Waals surface area contributed by atoms with E-state index in [0.717, 1.165) is 0 Å². The molecule has 0 heterocycles. The van der Waals surface area contributed by atoms with E-state index in [4.69, 9.17) is 17.3 Å². The molecule has 0 fully saturated rings. The van der Waals surface area contributed by atoms with Gasteiger partial charge in [0.25, 0.3) is 0 Å². The molecule has 0 aromatic carbocycles. The molecule has 2 rings (SSSR count). The van der Waals surface area contributed by atoms with Gasteiger partial charge in [-0.15, -0.1) is 11.6 Å². The van der Waals surface area contributed by atoms with Crippen LogP contribution in [0.1, 0.15) is 12.8 Å². The number of rotatable bonds is 3. The highest BCUT2D eigenvalue weighted by molar-refractivity contribution is 6.20. The van der Waals surface area contributed by atoms with Crippen LogP contribution in [0, 0.1) is 5.92 Å². The number of aliphatic hydroxyl groups is 2. The molecular formula is C13H19ClN2O2. The number of hydrogen-bond acceptors (Lipinski definition) is 4. The zero-order chi connectivity index (χ0) is 13.1. The third-order valence-electron chi connectivity index (χ3n) is 3.39. The second-order valence-electron chi connectivity index (χ2n) is 4.83. The Morgan fingerprint density at radius 2 is 2.17 bits per heavy atom. The SMILES string of the molecule is NC1C=CC(O)CC1C(Cl)NC1C=CC(O)=CC1. The predicted molar refractivity (Wildman–Crippen MR) is 72.3 cm³/mol. The molecule has 0 spiro atoms. The Morgan fingerprint density at radius 1 is 1.39 bits per heavy atom. The van der Waals surface area contributed by atoms with Crippen molar-refractivity contribution in [2.75, 3.05) is 0 Å². The van der Waals surface area contributed by atoms with Crippen LogP contribution in [-0.4, -0.2) is 33.9 Å². The van der Waals surface area contributed by atoms with Crippen LogP contribution in [0.2, 0.25) is 0 Å². The topological polar surface area (TPSA) is 78.5 Å². The monoisotopic (exact) mass is 270 g/mol. The zero-order valence-corrected chi connectivity index (χ0v) is 10.8. The van der Waals surface area contributed by atoms with E-state index in [1.54, 1.807) is 24.3 Å². The minimum atomic E-state index is -0.469. The van der Waals surface area contributed by atoms with Gasteiger partial charge in [-0.05, 0) is 25.0 Å². The predicted octanol–water partition coefficient (Wildman–Crippen LogP) is 1.18. The Hall–Kier alpha value is -0.810. The maximum absolute atomic E-state index is 9.60. The van der Waals surface area contributed by atoms with Gasteiger partial charge >= 0.3 is 0 Å². The molecule has 0 amide bonds. The van der Waals surface area contributed by atoms with Gasteiger partial charge in [-0.25, -0.2) is 0 Å². The van der Waals surface area contributed by atoms with Crippen molar-refractivity contribution in [2.24, 2.45) is 11.7 Å². The highest BCUT2D eigenvalue weighted by Gasteiger charge is 2.30. The van der Waals surface area contributed by atoms with Crippen molar-refractivity contribution in [3.05, 3.63) is 36.1 Å². The Labute approximate surface area is 112 Å². The molecule has 5 unspecified atom stereocenters. The minimum Gasteiger partial charge on any atom is -0.508 e. The molecule has 2 aliphatic carbocycles. The molecule has 18 heavy (non-hydrogen) atoms. The van der Waals surface area contributed by atoms with Gasteiger partial charge in [0.05, 0.1) is 11.6 Å². The van der Waals surface area contributed by atoms with Gasteiger partial charge in [0.2, 0.25) is 0 Å². The summed E-state index contributed by atoms with van der Waals surface area (Å²) in [5.74, 6) is 0.284. The summed E-state index contributed by atoms with van der Waals surface area (Å²) in [6, 6.07) is -0.0430. The summed E-state index contributed by atoms with van der Waals surface area (Å²) in [7, 11) is 0. The Morgan fingerprint density at radius 3 is 2.83 bits per heavy atom. The van der Waals surface area contributed by atoms with Crippen molar-refractivity contribution in [1.82, 2.24) is 5.32 Å². The van der Waals surface area contributed by atoms with Gasteiger partial charge in [-0.2, -0.15) is 0 Å². The van der Waals surface area contributed by atoms with Crippen molar-refractivity contribution in [3.8, 4) is 0 Å². The van der Waals surface area contributed by atoms with E-state index in [0.29, 0.717) is 12.8 Å². The first-order chi connectivity index (χ1) is 8.56. The zero-order valence-electron chi connectivity index (χ0n) is 10.0. The first kappa shape index (κ1) is 13.6. The second-order valence-corrected chi connectivity index (χ2v) is 5.30. The molecule has 0 aliphatic heterocycles. The number of nitrogens with two attached hydrogens (primary N) is 1. The fourth-order valence-corrected chi connectivity index (χ4v) is 2.72. The molecule has 4 nitrogen and oxygen atoms in total. The van der Waals surface area contributed by atoms with Crippen molar-refractivity contribution in [2.45, 2.75) is 36.5 Å². The Kier molecular flexibility index (Phi) is 4.45. The van der Waals surface area contributed by atoms with Gasteiger partial charge in [0.15, 0.2) is 0 Å². The van der Waals surface area contributed by atoms with Gasteiger partial charge in [-0.3, -0.25) is 5.32 Å². The maximum Gasteiger partial charge on any atom is 0.111 e. The van der Waals surface area contributed by atoms with Crippen LogP contribution in [0.3, 0.4) is 0 Å². The molecule has 5 atom stereocenters. The summed E-state index contributed by atoms with van der Waals surface area (Å²) in [4.78, 5) is 0. The number of nitrogens with one attached hydrogen (secondary N) is 1. The largest absolute Gasteiger partial charge is 0.508 e. The smallest absolute Gasteiger partial charge is 0.111 e. The molecule has 0 saturated heterocycles. The van der Waals surface area contributed by atoms with Crippen molar-refractivity contribution < 1.29 is 10.2 Å². The molecule has 0 saturated carbocycles. The lowest BCUT2D eigenvalue weighted by molar-refractivity contribution is 0.164. The van der Waals surface area contributed by atoms with E-state index in [2.05, 4.69) is 5.32 Å². The van der Waals surface area contributed by atoms with Gasteiger partial charge in [0.1, 0.15) is 5.76 Å². The van der Waals surface area contributed by atoms with Crippen LogP contribution in [0.25, 0.3) is 0 Å². The molecule has 5 N–H and O–H groups in total. The lowest BCUT2D eigenvalue weighted by atomic mass is 9.88. The van der Waals surface area contributed by atoms with E-state index >= 15 is 0 Å². The van der Waals surface area contributed by atoms with Gasteiger partial charge in [-0.1, -0.05) is 18.2 Å². The summed E-state index contributed by atoms with van der Waals surface area (Å²) in [6.45, 7) is 0. The first-order valence-electron chi connectivity index (χ1n) is 6.15. The number of allylic oxidation sites excluding steroid dienone is 1. The van der Waals surface area contributed by atoms with Crippen LogP contribution < -0.4 is 11.1 Å². The molecule has 0 bridgehead atoms. The highest BCUT2D eigenvalue weighted by Crippen LogP contribution is 2.24. The molecule has 5 heteroatoms. The Balaban J connectivity index is 1.90. The standard InChI is InChI=1S/C13H19ClN2O2/c14-13(11-7-10(18)5-6-12(11)15)16-8-1-3-9(17)4-2-8/h1,3-6,8,10-13,16-18H,2,7,15H2. The van der Waals surface area contributed by atoms with Crippen LogP contribution in [0.5, 0.6) is 0 Å². The molecule has 0 aromatic rings. The first-order valence-corrected chi connectivity index (χ1v) is 6.59. The summed E-state index contributed by atoms with van der Waals surface area (Å²) in [6.07, 6.45) is 9.60. The summed E-state index contributed by atoms with van der Waals surface area (Å²) >= 11 is 6.34. The molecule has 0 aromatic heterocycles. The number of aliphatic hydroxyl groups excluding tert-OH is 2.